The van der Waals surface area contributed by atoms with E-state index in [2.05, 4.69) is 15.4 Å². The number of thiophene rings is 1. The Hall–Kier alpha value is -2.55. The van der Waals surface area contributed by atoms with Gasteiger partial charge in [0.25, 0.3) is 11.8 Å². The minimum atomic E-state index is -0.843. The highest BCUT2D eigenvalue weighted by Crippen LogP contribution is 2.38. The largest absolute Gasteiger partial charge is 0.494 e. The van der Waals surface area contributed by atoms with Crippen LogP contribution in [0.5, 0.6) is 0 Å². The number of carbonyl (C=O) groups excluding carboxylic acids is 3. The average Bonchev–Trinajstić information content (AvgIpc) is 3.00. The van der Waals surface area contributed by atoms with Crippen molar-refractivity contribution in [2.24, 2.45) is 0 Å². The SMILES string of the molecule is COC(=O)NC(=O)c1c(NC(=O)C2=COCCO2)sc2c1CCCC2. The molecule has 0 bridgehead atoms. The molecule has 8 nitrogen and oxygen atoms in total. The lowest BCUT2D eigenvalue weighted by Crippen LogP contribution is -2.31. The van der Waals surface area contributed by atoms with Gasteiger partial charge in [-0.3, -0.25) is 14.9 Å². The molecule has 9 heteroatoms. The van der Waals surface area contributed by atoms with E-state index in [0.29, 0.717) is 17.2 Å². The molecule has 0 aromatic carbocycles. The monoisotopic (exact) mass is 366 g/mol. The Kier molecular flexibility index (Phi) is 5.22. The highest BCUT2D eigenvalue weighted by molar-refractivity contribution is 7.17. The summed E-state index contributed by atoms with van der Waals surface area (Å²) >= 11 is 1.35. The van der Waals surface area contributed by atoms with Gasteiger partial charge in [0.2, 0.25) is 5.76 Å². The van der Waals surface area contributed by atoms with Gasteiger partial charge in [0.15, 0.2) is 0 Å². The molecule has 1 aliphatic carbocycles. The maximum absolute atomic E-state index is 12.5. The van der Waals surface area contributed by atoms with Crippen molar-refractivity contribution in [3.05, 3.63) is 28.0 Å². The van der Waals surface area contributed by atoms with Crippen LogP contribution in [0.3, 0.4) is 0 Å². The van der Waals surface area contributed by atoms with Crippen molar-refractivity contribution in [2.45, 2.75) is 25.7 Å². The Morgan fingerprint density at radius 1 is 1.16 bits per heavy atom. The van der Waals surface area contributed by atoms with Gasteiger partial charge < -0.3 is 19.5 Å². The third-order valence-corrected chi connectivity index (χ3v) is 5.11. The van der Waals surface area contributed by atoms with E-state index < -0.39 is 17.9 Å². The second kappa shape index (κ2) is 7.56. The summed E-state index contributed by atoms with van der Waals surface area (Å²) in [4.78, 5) is 37.3. The quantitative estimate of drug-likeness (QED) is 0.848. The zero-order chi connectivity index (χ0) is 17.8. The smallest absolute Gasteiger partial charge is 0.413 e. The van der Waals surface area contributed by atoms with Gasteiger partial charge in [-0.2, -0.15) is 0 Å². The Balaban J connectivity index is 1.88. The van der Waals surface area contributed by atoms with Gasteiger partial charge in [0.05, 0.1) is 12.7 Å². The molecule has 0 fully saturated rings. The van der Waals surface area contributed by atoms with E-state index in [9.17, 15) is 14.4 Å². The number of methoxy groups -OCH3 is 1. The number of amides is 3. The van der Waals surface area contributed by atoms with E-state index in [-0.39, 0.29) is 12.4 Å². The van der Waals surface area contributed by atoms with Crippen LogP contribution in [-0.2, 0) is 31.8 Å². The number of anilines is 1. The zero-order valence-corrected chi connectivity index (χ0v) is 14.5. The van der Waals surface area contributed by atoms with Crippen molar-refractivity contribution >= 4 is 34.2 Å². The molecular formula is C16H18N2O6S. The molecule has 2 N–H and O–H groups in total. The highest BCUT2D eigenvalue weighted by atomic mass is 32.1. The molecule has 134 valence electrons. The number of rotatable bonds is 3. The van der Waals surface area contributed by atoms with Crippen molar-refractivity contribution in [3.8, 4) is 0 Å². The first-order valence-electron chi connectivity index (χ1n) is 7.90. The van der Waals surface area contributed by atoms with E-state index in [1.54, 1.807) is 0 Å². The number of aryl methyl sites for hydroxylation is 1. The molecule has 1 aromatic rings. The van der Waals surface area contributed by atoms with Crippen LogP contribution in [0.4, 0.5) is 9.80 Å². The van der Waals surface area contributed by atoms with E-state index >= 15 is 0 Å². The van der Waals surface area contributed by atoms with E-state index in [1.165, 1.54) is 24.7 Å². The normalized spacial score (nSPS) is 15.8. The molecule has 2 aliphatic rings. The lowest BCUT2D eigenvalue weighted by atomic mass is 9.95. The van der Waals surface area contributed by atoms with E-state index in [4.69, 9.17) is 9.47 Å². The second-order valence-corrected chi connectivity index (χ2v) is 6.62. The molecule has 25 heavy (non-hydrogen) atoms. The van der Waals surface area contributed by atoms with Crippen molar-refractivity contribution in [2.75, 3.05) is 25.6 Å². The minimum Gasteiger partial charge on any atom is -0.494 e. The lowest BCUT2D eigenvalue weighted by molar-refractivity contribution is -0.117. The molecule has 2 heterocycles. The van der Waals surface area contributed by atoms with Crippen molar-refractivity contribution in [1.82, 2.24) is 5.32 Å². The molecule has 0 atom stereocenters. The molecule has 0 saturated heterocycles. The third kappa shape index (κ3) is 3.76. The first kappa shape index (κ1) is 17.3. The van der Waals surface area contributed by atoms with Gasteiger partial charge in [-0.05, 0) is 31.2 Å². The fraction of sp³-hybridized carbons (Fsp3) is 0.438. The number of alkyl carbamates (subject to hydrolysis) is 1. The van der Waals surface area contributed by atoms with E-state index in [1.807, 2.05) is 0 Å². The number of hydrogen-bond donors (Lipinski definition) is 2. The summed E-state index contributed by atoms with van der Waals surface area (Å²) in [5.41, 5.74) is 1.19. The van der Waals surface area contributed by atoms with Crippen LogP contribution < -0.4 is 10.6 Å². The summed E-state index contributed by atoms with van der Waals surface area (Å²) in [5.74, 6) is -1.03. The van der Waals surface area contributed by atoms with Gasteiger partial charge in [-0.15, -0.1) is 11.3 Å². The molecule has 1 aliphatic heterocycles. The summed E-state index contributed by atoms with van der Waals surface area (Å²) in [6.07, 6.45) is 3.97. The number of carbonyl (C=O) groups is 3. The minimum absolute atomic E-state index is 0.0527. The van der Waals surface area contributed by atoms with Crippen molar-refractivity contribution in [1.29, 1.82) is 0 Å². The number of imide groups is 1. The van der Waals surface area contributed by atoms with Crippen LogP contribution in [0.15, 0.2) is 12.0 Å². The molecular weight excluding hydrogens is 348 g/mol. The molecule has 0 saturated carbocycles. The molecule has 1 aromatic heterocycles. The fourth-order valence-electron chi connectivity index (χ4n) is 2.75. The molecule has 0 spiro atoms. The maximum Gasteiger partial charge on any atom is 0.413 e. The first-order valence-corrected chi connectivity index (χ1v) is 8.71. The zero-order valence-electron chi connectivity index (χ0n) is 13.7. The number of fused-ring (bicyclic) bond motifs is 1. The highest BCUT2D eigenvalue weighted by Gasteiger charge is 2.28. The van der Waals surface area contributed by atoms with Crippen molar-refractivity contribution in [3.63, 3.8) is 0 Å². The summed E-state index contributed by atoms with van der Waals surface area (Å²) in [7, 11) is 1.18. The Bertz CT molecular complexity index is 739. The van der Waals surface area contributed by atoms with Crippen LogP contribution in [-0.4, -0.2) is 38.2 Å². The predicted octanol–water partition coefficient (Wildman–Crippen LogP) is 1.95. The molecule has 0 unspecified atom stereocenters. The molecule has 3 rings (SSSR count). The van der Waals surface area contributed by atoms with Gasteiger partial charge in [-0.1, -0.05) is 0 Å². The Morgan fingerprint density at radius 3 is 2.68 bits per heavy atom. The van der Waals surface area contributed by atoms with Crippen LogP contribution in [0, 0.1) is 0 Å². The van der Waals surface area contributed by atoms with Gasteiger partial charge in [-0.25, -0.2) is 4.79 Å². The van der Waals surface area contributed by atoms with Gasteiger partial charge in [0, 0.05) is 4.88 Å². The third-order valence-electron chi connectivity index (χ3n) is 3.90. The van der Waals surface area contributed by atoms with Gasteiger partial charge >= 0.3 is 6.09 Å². The predicted molar refractivity (Wildman–Crippen MR) is 89.4 cm³/mol. The Morgan fingerprint density at radius 2 is 1.96 bits per heavy atom. The summed E-state index contributed by atoms with van der Waals surface area (Å²) in [6.45, 7) is 0.673. The first-order chi connectivity index (χ1) is 12.1. The molecule has 3 amide bonds. The second-order valence-electron chi connectivity index (χ2n) is 5.52. The van der Waals surface area contributed by atoms with Crippen LogP contribution in [0.2, 0.25) is 0 Å². The van der Waals surface area contributed by atoms with Gasteiger partial charge in [0.1, 0.15) is 24.5 Å². The average molecular weight is 366 g/mol. The number of ether oxygens (including phenoxy) is 3. The fourth-order valence-corrected chi connectivity index (χ4v) is 4.03. The number of nitrogens with one attached hydrogen (secondary N) is 2. The maximum atomic E-state index is 12.5. The Labute approximate surface area is 148 Å². The molecule has 0 radical (unpaired) electrons. The summed E-state index contributed by atoms with van der Waals surface area (Å²) in [5, 5.41) is 5.26. The van der Waals surface area contributed by atoms with E-state index in [0.717, 1.165) is 36.1 Å². The topological polar surface area (TPSA) is 103 Å². The van der Waals surface area contributed by atoms with Crippen LogP contribution in [0.25, 0.3) is 0 Å². The lowest BCUT2D eigenvalue weighted by Gasteiger charge is -2.15. The number of hydrogen-bond acceptors (Lipinski definition) is 7. The van der Waals surface area contributed by atoms with Crippen molar-refractivity contribution < 1.29 is 28.6 Å². The standard InChI is InChI=1S/C16H18N2O6S/c1-22-16(21)18-14(20)12-9-4-2-3-5-11(9)25-15(12)17-13(19)10-8-23-6-7-24-10/h8H,2-7H2,1H3,(H,17,19)(H,18,20,21). The summed E-state index contributed by atoms with van der Waals surface area (Å²) in [6, 6.07) is 0. The van der Waals surface area contributed by atoms with Crippen LogP contribution in [0.1, 0.15) is 33.6 Å². The van der Waals surface area contributed by atoms with Crippen LogP contribution >= 0.6 is 11.3 Å². The summed E-state index contributed by atoms with van der Waals surface area (Å²) < 4.78 is 14.8.